The van der Waals surface area contributed by atoms with Crippen LogP contribution in [0.4, 0.5) is 0 Å². The molecule has 114 valence electrons. The zero-order valence-electron chi connectivity index (χ0n) is 12.2. The molecular weight excluding hydrogens is 274 g/mol. The molecule has 0 spiro atoms. The number of sulfonamides is 1. The maximum absolute atomic E-state index is 11.8. The predicted octanol–water partition coefficient (Wildman–Crippen LogP) is 2.76. The molecule has 0 aliphatic heterocycles. The Labute approximate surface area is 122 Å². The Morgan fingerprint density at radius 1 is 1.25 bits per heavy atom. The molecule has 0 heterocycles. The SMILES string of the molecule is CCCCCC/C=C\C1C[C@@H]1C(=O)NS(=O)(=O)C1CC1. The van der Waals surface area contributed by atoms with E-state index < -0.39 is 10.0 Å². The minimum absolute atomic E-state index is 0.129. The first-order valence-corrected chi connectivity index (χ1v) is 9.31. The van der Waals surface area contributed by atoms with Gasteiger partial charge in [-0.25, -0.2) is 8.42 Å². The van der Waals surface area contributed by atoms with E-state index in [1.165, 1.54) is 25.7 Å². The first-order valence-electron chi connectivity index (χ1n) is 7.76. The van der Waals surface area contributed by atoms with Crippen LogP contribution in [0.25, 0.3) is 0 Å². The molecule has 5 heteroatoms. The second-order valence-electron chi connectivity index (χ2n) is 5.99. The molecule has 1 unspecified atom stereocenters. The molecule has 2 atom stereocenters. The van der Waals surface area contributed by atoms with Crippen LogP contribution < -0.4 is 4.72 Å². The van der Waals surface area contributed by atoms with Gasteiger partial charge in [0.2, 0.25) is 15.9 Å². The van der Waals surface area contributed by atoms with Crippen LogP contribution in [0.15, 0.2) is 12.2 Å². The summed E-state index contributed by atoms with van der Waals surface area (Å²) in [4.78, 5) is 11.8. The van der Waals surface area contributed by atoms with Gasteiger partial charge < -0.3 is 0 Å². The molecule has 0 aromatic carbocycles. The molecule has 2 rings (SSSR count). The Kier molecular flexibility index (Phi) is 5.24. The summed E-state index contributed by atoms with van der Waals surface area (Å²) in [5.41, 5.74) is 0. The van der Waals surface area contributed by atoms with Crippen molar-refractivity contribution < 1.29 is 13.2 Å². The number of hydrogen-bond acceptors (Lipinski definition) is 3. The van der Waals surface area contributed by atoms with Crippen molar-refractivity contribution in [2.45, 2.75) is 63.5 Å². The van der Waals surface area contributed by atoms with Crippen molar-refractivity contribution in [3.8, 4) is 0 Å². The molecular formula is C15H25NO3S. The fourth-order valence-corrected chi connectivity index (χ4v) is 3.72. The van der Waals surface area contributed by atoms with E-state index in [-0.39, 0.29) is 23.0 Å². The minimum Gasteiger partial charge on any atom is -0.274 e. The zero-order valence-corrected chi connectivity index (χ0v) is 13.0. The lowest BCUT2D eigenvalue weighted by molar-refractivity contribution is -0.120. The molecule has 0 aromatic rings. The Balaban J connectivity index is 1.64. The monoisotopic (exact) mass is 299 g/mol. The number of carbonyl (C=O) groups excluding carboxylic acids is 1. The third kappa shape index (κ3) is 4.62. The third-order valence-corrected chi connectivity index (χ3v) is 5.83. The highest BCUT2D eigenvalue weighted by Gasteiger charge is 2.44. The maximum Gasteiger partial charge on any atom is 0.237 e. The fraction of sp³-hybridized carbons (Fsp3) is 0.800. The Hall–Kier alpha value is -0.840. The summed E-state index contributed by atoms with van der Waals surface area (Å²) < 4.78 is 25.5. The number of unbranched alkanes of at least 4 members (excludes halogenated alkanes) is 4. The van der Waals surface area contributed by atoms with Crippen molar-refractivity contribution in [3.63, 3.8) is 0 Å². The zero-order chi connectivity index (χ0) is 14.6. The van der Waals surface area contributed by atoms with E-state index in [2.05, 4.69) is 23.8 Å². The van der Waals surface area contributed by atoms with Crippen LogP contribution in [0.2, 0.25) is 0 Å². The average molecular weight is 299 g/mol. The molecule has 2 aliphatic carbocycles. The highest BCUT2D eigenvalue weighted by atomic mass is 32.2. The number of nitrogens with one attached hydrogen (secondary N) is 1. The van der Waals surface area contributed by atoms with Crippen LogP contribution >= 0.6 is 0 Å². The van der Waals surface area contributed by atoms with Crippen molar-refractivity contribution in [2.24, 2.45) is 11.8 Å². The van der Waals surface area contributed by atoms with E-state index >= 15 is 0 Å². The van der Waals surface area contributed by atoms with Crippen LogP contribution in [-0.4, -0.2) is 19.6 Å². The molecule has 2 aliphatic rings. The Morgan fingerprint density at radius 2 is 2.00 bits per heavy atom. The van der Waals surface area contributed by atoms with Crippen molar-refractivity contribution in [1.29, 1.82) is 0 Å². The summed E-state index contributed by atoms with van der Waals surface area (Å²) in [7, 11) is -3.37. The maximum atomic E-state index is 11.8. The molecule has 1 N–H and O–H groups in total. The van der Waals surface area contributed by atoms with Gasteiger partial charge >= 0.3 is 0 Å². The van der Waals surface area contributed by atoms with Crippen LogP contribution in [0, 0.1) is 11.8 Å². The fourth-order valence-electron chi connectivity index (χ4n) is 2.37. The molecule has 0 radical (unpaired) electrons. The van der Waals surface area contributed by atoms with Gasteiger partial charge in [-0.3, -0.25) is 9.52 Å². The lowest BCUT2D eigenvalue weighted by Gasteiger charge is -2.04. The van der Waals surface area contributed by atoms with Gasteiger partial charge in [-0.15, -0.1) is 0 Å². The van der Waals surface area contributed by atoms with E-state index in [1.54, 1.807) is 0 Å². The van der Waals surface area contributed by atoms with Crippen molar-refractivity contribution in [2.75, 3.05) is 0 Å². The number of allylic oxidation sites excluding steroid dienone is 2. The largest absolute Gasteiger partial charge is 0.274 e. The standard InChI is InChI=1S/C15H25NO3S/c1-2-3-4-5-6-7-8-12-11-14(12)15(17)16-20(18,19)13-9-10-13/h7-8,12-14H,2-6,9-11H2,1H3,(H,16,17)/b8-7-/t12?,14-/m0/s1. The van der Waals surface area contributed by atoms with Gasteiger partial charge in [0, 0.05) is 5.92 Å². The summed E-state index contributed by atoms with van der Waals surface area (Å²) in [5.74, 6) is -0.191. The average Bonchev–Trinajstić information content (AvgIpc) is 3.27. The van der Waals surface area contributed by atoms with Gasteiger partial charge in [0.25, 0.3) is 0 Å². The summed E-state index contributed by atoms with van der Waals surface area (Å²) in [6.07, 6.45) is 12.4. The Morgan fingerprint density at radius 3 is 2.65 bits per heavy atom. The van der Waals surface area contributed by atoms with Crippen LogP contribution in [-0.2, 0) is 14.8 Å². The lowest BCUT2D eigenvalue weighted by atomic mass is 10.1. The summed E-state index contributed by atoms with van der Waals surface area (Å²) in [6.45, 7) is 2.19. The number of amides is 1. The molecule has 20 heavy (non-hydrogen) atoms. The number of carbonyl (C=O) groups is 1. The van der Waals surface area contributed by atoms with E-state index in [4.69, 9.17) is 0 Å². The first kappa shape index (κ1) is 15.5. The van der Waals surface area contributed by atoms with E-state index in [0.29, 0.717) is 12.8 Å². The Bertz CT molecular complexity index is 466. The van der Waals surface area contributed by atoms with E-state index in [9.17, 15) is 13.2 Å². The minimum atomic E-state index is -3.37. The lowest BCUT2D eigenvalue weighted by Crippen LogP contribution is -2.34. The van der Waals surface area contributed by atoms with Crippen LogP contribution in [0.5, 0.6) is 0 Å². The quantitative estimate of drug-likeness (QED) is 0.526. The van der Waals surface area contributed by atoms with Gasteiger partial charge in [0.15, 0.2) is 0 Å². The second kappa shape index (κ2) is 6.74. The van der Waals surface area contributed by atoms with E-state index in [0.717, 1.165) is 12.8 Å². The topological polar surface area (TPSA) is 63.2 Å². The molecule has 1 amide bonds. The highest BCUT2D eigenvalue weighted by molar-refractivity contribution is 7.90. The van der Waals surface area contributed by atoms with Crippen molar-refractivity contribution in [1.82, 2.24) is 4.72 Å². The van der Waals surface area contributed by atoms with Crippen LogP contribution in [0.1, 0.15) is 58.3 Å². The van der Waals surface area contributed by atoms with Crippen molar-refractivity contribution >= 4 is 15.9 Å². The summed E-state index contributed by atoms with van der Waals surface area (Å²) in [6, 6.07) is 0. The smallest absolute Gasteiger partial charge is 0.237 e. The predicted molar refractivity (Wildman–Crippen MR) is 79.6 cm³/mol. The summed E-state index contributed by atoms with van der Waals surface area (Å²) in [5, 5.41) is -0.322. The van der Waals surface area contributed by atoms with Gasteiger partial charge in [-0.2, -0.15) is 0 Å². The van der Waals surface area contributed by atoms with E-state index in [1.807, 2.05) is 0 Å². The molecule has 2 fully saturated rings. The van der Waals surface area contributed by atoms with Gasteiger partial charge in [0.05, 0.1) is 5.25 Å². The van der Waals surface area contributed by atoms with Crippen LogP contribution in [0.3, 0.4) is 0 Å². The first-order chi connectivity index (χ1) is 9.54. The number of rotatable bonds is 9. The normalized spacial score (nSPS) is 25.9. The van der Waals surface area contributed by atoms with Gasteiger partial charge in [-0.1, -0.05) is 38.3 Å². The molecule has 0 aromatic heterocycles. The third-order valence-electron chi connectivity index (χ3n) is 3.99. The second-order valence-corrected chi connectivity index (χ2v) is 7.96. The molecule has 4 nitrogen and oxygen atoms in total. The molecule has 0 saturated heterocycles. The van der Waals surface area contributed by atoms with Gasteiger partial charge in [-0.05, 0) is 38.0 Å². The van der Waals surface area contributed by atoms with Gasteiger partial charge in [0.1, 0.15) is 0 Å². The summed E-state index contributed by atoms with van der Waals surface area (Å²) >= 11 is 0. The highest BCUT2D eigenvalue weighted by Crippen LogP contribution is 2.40. The molecule has 2 saturated carbocycles. The number of hydrogen-bond donors (Lipinski definition) is 1. The van der Waals surface area contributed by atoms with Crippen molar-refractivity contribution in [3.05, 3.63) is 12.2 Å². The molecule has 0 bridgehead atoms.